The highest BCUT2D eigenvalue weighted by Crippen LogP contribution is 2.30. The van der Waals surface area contributed by atoms with E-state index in [1.165, 1.54) is 0 Å². The summed E-state index contributed by atoms with van der Waals surface area (Å²) in [6, 6.07) is 0. The minimum absolute atomic E-state index is 0.0236. The zero-order valence-electron chi connectivity index (χ0n) is 8.39. The number of nitrogens with one attached hydrogen (secondary N) is 1. The maximum atomic E-state index is 11.2. The van der Waals surface area contributed by atoms with Gasteiger partial charge in [-0.2, -0.15) is 0 Å². The highest BCUT2D eigenvalue weighted by molar-refractivity contribution is 6.17. The monoisotopic (exact) mass is 219 g/mol. The van der Waals surface area contributed by atoms with Gasteiger partial charge >= 0.3 is 0 Å². The fourth-order valence-electron chi connectivity index (χ4n) is 1.49. The Kier molecular flexibility index (Phi) is 4.69. The smallest absolute Gasteiger partial charge is 0.220 e. The first-order valence-corrected chi connectivity index (χ1v) is 5.75. The number of hydrogen-bond acceptors (Lipinski definition) is 2. The molecule has 0 saturated heterocycles. The van der Waals surface area contributed by atoms with Crippen LogP contribution in [0.25, 0.3) is 0 Å². The molecule has 1 aliphatic rings. The zero-order valence-corrected chi connectivity index (χ0v) is 9.15. The van der Waals surface area contributed by atoms with Gasteiger partial charge in [-0.15, -0.1) is 11.6 Å². The molecular weight excluding hydrogens is 202 g/mol. The van der Waals surface area contributed by atoms with Crippen LogP contribution in [0.1, 0.15) is 38.5 Å². The van der Waals surface area contributed by atoms with Crippen molar-refractivity contribution in [3.8, 4) is 0 Å². The predicted molar refractivity (Wildman–Crippen MR) is 56.4 cm³/mol. The van der Waals surface area contributed by atoms with Crippen molar-refractivity contribution in [2.24, 2.45) is 0 Å². The molecule has 1 saturated carbocycles. The Morgan fingerprint density at radius 1 is 1.43 bits per heavy atom. The highest BCUT2D eigenvalue weighted by atomic mass is 35.5. The van der Waals surface area contributed by atoms with E-state index in [0.717, 1.165) is 32.1 Å². The van der Waals surface area contributed by atoms with Crippen molar-refractivity contribution in [3.05, 3.63) is 0 Å². The van der Waals surface area contributed by atoms with Crippen molar-refractivity contribution >= 4 is 17.5 Å². The second-order valence-electron chi connectivity index (χ2n) is 4.00. The fourth-order valence-corrected chi connectivity index (χ4v) is 1.68. The standard InChI is InChI=1S/C10H18ClNO2/c11-7-2-1-4-9(13)12-8-10(14)5-3-6-10/h14H,1-8H2,(H,12,13). The van der Waals surface area contributed by atoms with Gasteiger partial charge in [-0.1, -0.05) is 0 Å². The number of carbonyl (C=O) groups is 1. The number of carbonyl (C=O) groups excluding carboxylic acids is 1. The maximum absolute atomic E-state index is 11.2. The normalized spacial score (nSPS) is 18.7. The summed E-state index contributed by atoms with van der Waals surface area (Å²) in [5.41, 5.74) is -0.609. The summed E-state index contributed by atoms with van der Waals surface area (Å²) in [6.45, 7) is 0.409. The lowest BCUT2D eigenvalue weighted by atomic mass is 9.80. The van der Waals surface area contributed by atoms with Crippen molar-refractivity contribution in [2.45, 2.75) is 44.1 Å². The molecule has 0 spiro atoms. The van der Waals surface area contributed by atoms with Crippen molar-refractivity contribution < 1.29 is 9.90 Å². The third-order valence-electron chi connectivity index (χ3n) is 2.69. The summed E-state index contributed by atoms with van der Waals surface area (Å²) in [7, 11) is 0. The number of hydrogen-bond donors (Lipinski definition) is 2. The molecular formula is C10H18ClNO2. The summed E-state index contributed by atoms with van der Waals surface area (Å²) < 4.78 is 0. The van der Waals surface area contributed by atoms with Crippen LogP contribution in [-0.2, 0) is 4.79 Å². The van der Waals surface area contributed by atoms with Crippen LogP contribution < -0.4 is 5.32 Å². The van der Waals surface area contributed by atoms with Gasteiger partial charge in [0.2, 0.25) is 5.91 Å². The van der Waals surface area contributed by atoms with Gasteiger partial charge in [0.05, 0.1) is 5.60 Å². The van der Waals surface area contributed by atoms with Crippen LogP contribution in [0, 0.1) is 0 Å². The molecule has 0 aromatic carbocycles. The molecule has 0 radical (unpaired) electrons. The first kappa shape index (κ1) is 11.8. The van der Waals surface area contributed by atoms with E-state index in [9.17, 15) is 9.90 Å². The van der Waals surface area contributed by atoms with Crippen LogP contribution in [-0.4, -0.2) is 29.0 Å². The summed E-state index contributed by atoms with van der Waals surface area (Å²) in [4.78, 5) is 11.2. The fraction of sp³-hybridized carbons (Fsp3) is 0.900. The molecule has 0 aliphatic heterocycles. The average molecular weight is 220 g/mol. The number of alkyl halides is 1. The number of halogens is 1. The van der Waals surface area contributed by atoms with Gasteiger partial charge in [0.15, 0.2) is 0 Å². The van der Waals surface area contributed by atoms with Crippen LogP contribution in [0.5, 0.6) is 0 Å². The first-order chi connectivity index (χ1) is 6.66. The lowest BCUT2D eigenvalue weighted by Gasteiger charge is -2.36. The molecule has 0 atom stereocenters. The van der Waals surface area contributed by atoms with Crippen LogP contribution in [0.15, 0.2) is 0 Å². The Labute approximate surface area is 89.8 Å². The van der Waals surface area contributed by atoms with E-state index in [-0.39, 0.29) is 5.91 Å². The number of unbranched alkanes of at least 4 members (excludes halogenated alkanes) is 1. The van der Waals surface area contributed by atoms with Gasteiger partial charge < -0.3 is 10.4 Å². The topological polar surface area (TPSA) is 49.3 Å². The molecule has 1 fully saturated rings. The largest absolute Gasteiger partial charge is 0.388 e. The Bertz CT molecular complexity index is 193. The molecule has 82 valence electrons. The quantitative estimate of drug-likeness (QED) is 0.525. The minimum atomic E-state index is -0.609. The van der Waals surface area contributed by atoms with E-state index in [2.05, 4.69) is 5.32 Å². The summed E-state index contributed by atoms with van der Waals surface area (Å²) in [6.07, 6.45) is 4.92. The van der Waals surface area contributed by atoms with E-state index >= 15 is 0 Å². The van der Waals surface area contributed by atoms with Gasteiger partial charge in [-0.3, -0.25) is 4.79 Å². The Balaban J connectivity index is 2.03. The zero-order chi connectivity index (χ0) is 10.4. The van der Waals surface area contributed by atoms with E-state index in [1.807, 2.05) is 0 Å². The summed E-state index contributed by atoms with van der Waals surface area (Å²) in [5.74, 6) is 0.632. The van der Waals surface area contributed by atoms with E-state index in [0.29, 0.717) is 18.8 Å². The molecule has 1 rings (SSSR count). The van der Waals surface area contributed by atoms with Crippen molar-refractivity contribution in [2.75, 3.05) is 12.4 Å². The molecule has 0 unspecified atom stereocenters. The molecule has 0 bridgehead atoms. The molecule has 4 heteroatoms. The first-order valence-electron chi connectivity index (χ1n) is 5.21. The Hall–Kier alpha value is -0.280. The maximum Gasteiger partial charge on any atom is 0.220 e. The second kappa shape index (κ2) is 5.56. The molecule has 0 aromatic heterocycles. The third kappa shape index (κ3) is 3.84. The molecule has 1 amide bonds. The average Bonchev–Trinajstić information content (AvgIpc) is 2.12. The van der Waals surface area contributed by atoms with Crippen LogP contribution >= 0.6 is 11.6 Å². The van der Waals surface area contributed by atoms with Gasteiger partial charge in [-0.25, -0.2) is 0 Å². The number of amides is 1. The van der Waals surface area contributed by atoms with Gasteiger partial charge in [0.25, 0.3) is 0 Å². The third-order valence-corrected chi connectivity index (χ3v) is 2.95. The molecule has 0 aromatic rings. The molecule has 0 heterocycles. The van der Waals surface area contributed by atoms with Crippen LogP contribution in [0.3, 0.4) is 0 Å². The predicted octanol–water partition coefficient (Wildman–Crippen LogP) is 1.43. The van der Waals surface area contributed by atoms with E-state index < -0.39 is 5.60 Å². The second-order valence-corrected chi connectivity index (χ2v) is 4.38. The van der Waals surface area contributed by atoms with E-state index in [1.54, 1.807) is 0 Å². The van der Waals surface area contributed by atoms with Crippen molar-refractivity contribution in [1.82, 2.24) is 5.32 Å². The minimum Gasteiger partial charge on any atom is -0.388 e. The highest BCUT2D eigenvalue weighted by Gasteiger charge is 2.34. The summed E-state index contributed by atoms with van der Waals surface area (Å²) in [5, 5.41) is 12.4. The lowest BCUT2D eigenvalue weighted by molar-refractivity contribution is -0.123. The molecule has 2 N–H and O–H groups in total. The molecule has 14 heavy (non-hydrogen) atoms. The van der Waals surface area contributed by atoms with Gasteiger partial charge in [0, 0.05) is 18.8 Å². The lowest BCUT2D eigenvalue weighted by Crippen LogP contribution is -2.47. The van der Waals surface area contributed by atoms with Crippen molar-refractivity contribution in [3.63, 3.8) is 0 Å². The van der Waals surface area contributed by atoms with Crippen LogP contribution in [0.4, 0.5) is 0 Å². The number of aliphatic hydroxyl groups is 1. The number of rotatable bonds is 6. The molecule has 3 nitrogen and oxygen atoms in total. The van der Waals surface area contributed by atoms with Crippen LogP contribution in [0.2, 0.25) is 0 Å². The summed E-state index contributed by atoms with van der Waals surface area (Å²) >= 11 is 5.49. The molecule has 1 aliphatic carbocycles. The van der Waals surface area contributed by atoms with Gasteiger partial charge in [-0.05, 0) is 32.1 Å². The Morgan fingerprint density at radius 3 is 2.64 bits per heavy atom. The Morgan fingerprint density at radius 2 is 2.14 bits per heavy atom. The SMILES string of the molecule is O=C(CCCCCl)NCC1(O)CCC1. The van der Waals surface area contributed by atoms with Crippen molar-refractivity contribution in [1.29, 1.82) is 0 Å². The van der Waals surface area contributed by atoms with E-state index in [4.69, 9.17) is 11.6 Å². The van der Waals surface area contributed by atoms with Gasteiger partial charge in [0.1, 0.15) is 0 Å².